The molecule has 1 aromatic heterocycles. The number of nitrogens with one attached hydrogen (secondary N) is 2. The number of hydrogen-bond donors (Lipinski definition) is 2. The molecule has 2 atom stereocenters. The maximum absolute atomic E-state index is 11.1. The van der Waals surface area contributed by atoms with E-state index in [1.165, 1.54) is 12.5 Å². The van der Waals surface area contributed by atoms with Crippen molar-refractivity contribution >= 4 is 17.3 Å². The third kappa shape index (κ3) is 2.98. The van der Waals surface area contributed by atoms with Gasteiger partial charge in [0.05, 0.1) is 4.92 Å². The Hall–Kier alpha value is -1.89. The summed E-state index contributed by atoms with van der Waals surface area (Å²) in [6.07, 6.45) is 3.35. The van der Waals surface area contributed by atoms with Gasteiger partial charge in [-0.15, -0.1) is 0 Å². The predicted molar refractivity (Wildman–Crippen MR) is 78.7 cm³/mol. The molecular formula is C13H21N5O2. The summed E-state index contributed by atoms with van der Waals surface area (Å²) in [7, 11) is 1.74. The molecule has 7 nitrogen and oxygen atoms in total. The van der Waals surface area contributed by atoms with Crippen LogP contribution >= 0.6 is 0 Å². The lowest BCUT2D eigenvalue weighted by molar-refractivity contribution is -0.384. The van der Waals surface area contributed by atoms with Crippen molar-refractivity contribution in [3.8, 4) is 0 Å². The molecule has 0 bridgehead atoms. The fraction of sp³-hybridized carbons (Fsp3) is 0.615. The fourth-order valence-electron chi connectivity index (χ4n) is 2.58. The number of nitro groups is 1. The zero-order chi connectivity index (χ0) is 14.7. The molecule has 0 radical (unpaired) electrons. The molecule has 7 heteroatoms. The van der Waals surface area contributed by atoms with E-state index in [1.807, 2.05) is 0 Å². The van der Waals surface area contributed by atoms with Crippen molar-refractivity contribution in [1.82, 2.24) is 9.99 Å². The second-order valence-corrected chi connectivity index (χ2v) is 5.22. The Morgan fingerprint density at radius 1 is 1.35 bits per heavy atom. The summed E-state index contributed by atoms with van der Waals surface area (Å²) in [4.78, 5) is 15.0. The lowest BCUT2D eigenvalue weighted by atomic mass is 10.00. The molecule has 0 spiro atoms. The number of piperidine rings is 1. The summed E-state index contributed by atoms with van der Waals surface area (Å²) in [5.74, 6) is 0.901. The van der Waals surface area contributed by atoms with Gasteiger partial charge in [-0.2, -0.15) is 0 Å². The number of hydrogen-bond acceptors (Lipinski definition) is 6. The van der Waals surface area contributed by atoms with E-state index in [9.17, 15) is 10.1 Å². The SMILES string of the molecule is CNc1ccc([N+](=O)[O-])c(NN2C(C)CCCC2C)n1. The number of rotatable bonds is 4. The van der Waals surface area contributed by atoms with E-state index in [-0.39, 0.29) is 5.69 Å². The van der Waals surface area contributed by atoms with E-state index >= 15 is 0 Å². The smallest absolute Gasteiger partial charge is 0.312 e. The lowest BCUT2D eigenvalue weighted by Crippen LogP contribution is -2.47. The number of aromatic nitrogens is 1. The summed E-state index contributed by atoms with van der Waals surface area (Å²) in [5, 5.41) is 16.1. The van der Waals surface area contributed by atoms with Gasteiger partial charge in [0.2, 0.25) is 5.82 Å². The third-order valence-corrected chi connectivity index (χ3v) is 3.76. The molecule has 1 aromatic rings. The molecule has 2 rings (SSSR count). The van der Waals surface area contributed by atoms with E-state index in [2.05, 4.69) is 34.6 Å². The molecule has 2 unspecified atom stereocenters. The molecule has 110 valence electrons. The Labute approximate surface area is 118 Å². The van der Waals surface area contributed by atoms with Gasteiger partial charge < -0.3 is 5.32 Å². The van der Waals surface area contributed by atoms with Crippen LogP contribution in [0.25, 0.3) is 0 Å². The summed E-state index contributed by atoms with van der Waals surface area (Å²) < 4.78 is 0. The average molecular weight is 279 g/mol. The van der Waals surface area contributed by atoms with Gasteiger partial charge in [-0.05, 0) is 32.8 Å². The van der Waals surface area contributed by atoms with Crippen molar-refractivity contribution in [2.24, 2.45) is 0 Å². The Bertz CT molecular complexity index is 484. The lowest BCUT2D eigenvalue weighted by Gasteiger charge is -2.38. The van der Waals surface area contributed by atoms with Crippen LogP contribution in [0, 0.1) is 10.1 Å². The third-order valence-electron chi connectivity index (χ3n) is 3.76. The second-order valence-electron chi connectivity index (χ2n) is 5.22. The number of pyridine rings is 1. The van der Waals surface area contributed by atoms with Crippen LogP contribution in [0.3, 0.4) is 0 Å². The Morgan fingerprint density at radius 3 is 2.55 bits per heavy atom. The normalized spacial score (nSPS) is 23.4. The molecule has 0 aliphatic carbocycles. The van der Waals surface area contributed by atoms with Gasteiger partial charge in [0.15, 0.2) is 0 Å². The molecule has 0 amide bonds. The zero-order valence-electron chi connectivity index (χ0n) is 12.1. The van der Waals surface area contributed by atoms with Crippen molar-refractivity contribution < 1.29 is 4.92 Å². The molecule has 1 aliphatic rings. The first-order valence-corrected chi connectivity index (χ1v) is 6.91. The number of anilines is 2. The molecule has 2 heterocycles. The number of nitrogens with zero attached hydrogens (tertiary/aromatic N) is 3. The predicted octanol–water partition coefficient (Wildman–Crippen LogP) is 2.62. The van der Waals surface area contributed by atoms with Gasteiger partial charge in [0.25, 0.3) is 0 Å². The minimum absolute atomic E-state index is 0.00558. The highest BCUT2D eigenvalue weighted by Gasteiger charge is 2.27. The topological polar surface area (TPSA) is 83.3 Å². The molecule has 1 saturated heterocycles. The van der Waals surface area contributed by atoms with Crippen molar-refractivity contribution in [3.63, 3.8) is 0 Å². The molecule has 0 saturated carbocycles. The first-order chi connectivity index (χ1) is 9.52. The highest BCUT2D eigenvalue weighted by Crippen LogP contribution is 2.28. The fourth-order valence-corrected chi connectivity index (χ4v) is 2.58. The average Bonchev–Trinajstić information content (AvgIpc) is 2.42. The Morgan fingerprint density at radius 2 is 2.00 bits per heavy atom. The van der Waals surface area contributed by atoms with Crippen LogP contribution in [0.1, 0.15) is 33.1 Å². The van der Waals surface area contributed by atoms with E-state index in [1.54, 1.807) is 13.1 Å². The molecular weight excluding hydrogens is 258 g/mol. The van der Waals surface area contributed by atoms with Crippen LogP contribution in [0.15, 0.2) is 12.1 Å². The molecule has 0 aromatic carbocycles. The van der Waals surface area contributed by atoms with Crippen molar-refractivity contribution in [3.05, 3.63) is 22.2 Å². The zero-order valence-corrected chi connectivity index (χ0v) is 12.1. The summed E-state index contributed by atoms with van der Waals surface area (Å²) >= 11 is 0. The molecule has 2 N–H and O–H groups in total. The van der Waals surface area contributed by atoms with Crippen molar-refractivity contribution in [1.29, 1.82) is 0 Å². The van der Waals surface area contributed by atoms with E-state index in [4.69, 9.17) is 0 Å². The van der Waals surface area contributed by atoms with Gasteiger partial charge in [-0.1, -0.05) is 6.42 Å². The van der Waals surface area contributed by atoms with Crippen LogP contribution in [-0.2, 0) is 0 Å². The number of hydrazine groups is 1. The molecule has 1 aliphatic heterocycles. The maximum Gasteiger partial charge on any atom is 0.312 e. The van der Waals surface area contributed by atoms with Gasteiger partial charge in [0, 0.05) is 25.2 Å². The quantitative estimate of drug-likeness (QED) is 0.651. The summed E-state index contributed by atoms with van der Waals surface area (Å²) in [6.45, 7) is 4.24. The summed E-state index contributed by atoms with van der Waals surface area (Å²) in [6, 6.07) is 3.74. The van der Waals surface area contributed by atoms with Gasteiger partial charge in [-0.3, -0.25) is 15.5 Å². The minimum Gasteiger partial charge on any atom is -0.373 e. The van der Waals surface area contributed by atoms with Crippen LogP contribution in [0.2, 0.25) is 0 Å². The minimum atomic E-state index is -0.409. The highest BCUT2D eigenvalue weighted by atomic mass is 16.6. The van der Waals surface area contributed by atoms with Crippen LogP contribution in [0.4, 0.5) is 17.3 Å². The first-order valence-electron chi connectivity index (χ1n) is 6.91. The standard InChI is InChI=1S/C13H21N5O2/c1-9-5-4-6-10(2)17(9)16-13-11(18(19)20)7-8-12(14-3)15-13/h7-10H,4-6H2,1-3H3,(H2,14,15,16). The molecule has 1 fully saturated rings. The van der Waals surface area contributed by atoms with Crippen molar-refractivity contribution in [2.45, 2.75) is 45.2 Å². The van der Waals surface area contributed by atoms with Gasteiger partial charge in [0.1, 0.15) is 5.82 Å². The maximum atomic E-state index is 11.1. The van der Waals surface area contributed by atoms with Gasteiger partial charge in [-0.25, -0.2) is 9.99 Å². The summed E-state index contributed by atoms with van der Waals surface area (Å²) in [5.41, 5.74) is 3.14. The van der Waals surface area contributed by atoms with Gasteiger partial charge >= 0.3 is 5.69 Å². The highest BCUT2D eigenvalue weighted by molar-refractivity contribution is 5.59. The van der Waals surface area contributed by atoms with Crippen molar-refractivity contribution in [2.75, 3.05) is 17.8 Å². The first kappa shape index (κ1) is 14.5. The molecule has 20 heavy (non-hydrogen) atoms. The van der Waals surface area contributed by atoms with E-state index < -0.39 is 4.92 Å². The second kappa shape index (κ2) is 6.04. The largest absolute Gasteiger partial charge is 0.373 e. The monoisotopic (exact) mass is 279 g/mol. The Balaban J connectivity index is 2.28. The van der Waals surface area contributed by atoms with E-state index in [0.717, 1.165) is 12.8 Å². The van der Waals surface area contributed by atoms with Crippen LogP contribution < -0.4 is 10.7 Å². The van der Waals surface area contributed by atoms with Crippen LogP contribution in [0.5, 0.6) is 0 Å². The van der Waals surface area contributed by atoms with E-state index in [0.29, 0.717) is 23.7 Å². The Kier molecular flexibility index (Phi) is 4.39. The van der Waals surface area contributed by atoms with Crippen LogP contribution in [-0.4, -0.2) is 34.0 Å².